The van der Waals surface area contributed by atoms with Gasteiger partial charge in [0.25, 0.3) is 0 Å². The molecule has 1 aliphatic heterocycles. The number of anilines is 1. The number of aryl methyl sites for hydroxylation is 1. The smallest absolute Gasteiger partial charge is 0.122 e. The topological polar surface area (TPSA) is 69.4 Å². The summed E-state index contributed by atoms with van der Waals surface area (Å²) in [6, 6.07) is 17.7. The largest absolute Gasteiger partial charge is 0.489 e. The van der Waals surface area contributed by atoms with Gasteiger partial charge >= 0.3 is 0 Å². The molecular weight excluding hydrogens is 362 g/mol. The van der Waals surface area contributed by atoms with Crippen LogP contribution in [0.2, 0.25) is 0 Å². The number of hydrogen-bond acceptors (Lipinski definition) is 5. The Hall–Kier alpha value is -3.10. The van der Waals surface area contributed by atoms with Crippen LogP contribution in [0.15, 0.2) is 48.5 Å². The number of fused-ring (bicyclic) bond motifs is 1. The van der Waals surface area contributed by atoms with E-state index >= 15 is 0 Å². The number of ether oxygens (including phenoxy) is 1. The van der Waals surface area contributed by atoms with E-state index in [1.807, 2.05) is 31.2 Å². The first-order chi connectivity index (χ1) is 14.2. The van der Waals surface area contributed by atoms with E-state index in [4.69, 9.17) is 15.0 Å². The van der Waals surface area contributed by atoms with Crippen molar-refractivity contribution in [3.8, 4) is 11.8 Å². The first-order valence-electron chi connectivity index (χ1n) is 10.1. The van der Waals surface area contributed by atoms with Gasteiger partial charge in [-0.3, -0.25) is 4.98 Å². The third-order valence-corrected chi connectivity index (χ3v) is 5.49. The Morgan fingerprint density at radius 3 is 2.79 bits per heavy atom. The zero-order chi connectivity index (χ0) is 20.2. The van der Waals surface area contributed by atoms with Crippen LogP contribution in [0, 0.1) is 24.2 Å². The van der Waals surface area contributed by atoms with Crippen molar-refractivity contribution < 1.29 is 9.84 Å². The lowest BCUT2D eigenvalue weighted by atomic mass is 9.98. The second-order valence-corrected chi connectivity index (χ2v) is 7.70. The fraction of sp³-hybridized carbons (Fsp3) is 0.333. The first-order valence-corrected chi connectivity index (χ1v) is 10.1. The number of nitrogens with zero attached hydrogens (tertiary/aromatic N) is 3. The normalized spacial score (nSPS) is 16.6. The molecule has 2 aromatic carbocycles. The molecule has 3 aromatic rings. The number of hydrogen-bond donors (Lipinski definition) is 1. The molecule has 5 nitrogen and oxygen atoms in total. The molecule has 0 bridgehead atoms. The van der Waals surface area contributed by atoms with Crippen LogP contribution in [0.3, 0.4) is 0 Å². The predicted octanol–water partition coefficient (Wildman–Crippen LogP) is 4.20. The minimum absolute atomic E-state index is 0.242. The number of nitriles is 1. The van der Waals surface area contributed by atoms with Gasteiger partial charge in [0, 0.05) is 42.5 Å². The summed E-state index contributed by atoms with van der Waals surface area (Å²) in [5.74, 6) is 1.11. The van der Waals surface area contributed by atoms with E-state index in [0.717, 1.165) is 53.8 Å². The predicted molar refractivity (Wildman–Crippen MR) is 114 cm³/mol. The van der Waals surface area contributed by atoms with Gasteiger partial charge in [0.05, 0.1) is 17.1 Å². The summed E-state index contributed by atoms with van der Waals surface area (Å²) in [5.41, 5.74) is 4.74. The highest BCUT2D eigenvalue weighted by atomic mass is 16.5. The van der Waals surface area contributed by atoms with Crippen LogP contribution in [0.4, 0.5) is 5.69 Å². The van der Waals surface area contributed by atoms with Gasteiger partial charge in [0.1, 0.15) is 12.4 Å². The van der Waals surface area contributed by atoms with Gasteiger partial charge in [-0.2, -0.15) is 5.26 Å². The lowest BCUT2D eigenvalue weighted by Gasteiger charge is -2.34. The van der Waals surface area contributed by atoms with Crippen molar-refractivity contribution in [1.29, 1.82) is 5.26 Å². The summed E-state index contributed by atoms with van der Waals surface area (Å²) in [5, 5.41) is 19.6. The highest BCUT2D eigenvalue weighted by molar-refractivity contribution is 5.92. The van der Waals surface area contributed by atoms with Crippen LogP contribution in [-0.4, -0.2) is 29.8 Å². The minimum atomic E-state index is 0.242. The maximum absolute atomic E-state index is 9.57. The fourth-order valence-electron chi connectivity index (χ4n) is 3.94. The van der Waals surface area contributed by atoms with Gasteiger partial charge in [-0.25, -0.2) is 0 Å². The highest BCUT2D eigenvalue weighted by Crippen LogP contribution is 2.32. The SMILES string of the molecule is Cc1cc(N2CCC[C@@H](CO)C2)c2ccc(OCc3ccc(C#N)cc3)cc2n1. The van der Waals surface area contributed by atoms with E-state index in [1.165, 1.54) is 5.69 Å². The van der Waals surface area contributed by atoms with Crippen LogP contribution >= 0.6 is 0 Å². The monoisotopic (exact) mass is 387 g/mol. The Morgan fingerprint density at radius 1 is 1.21 bits per heavy atom. The van der Waals surface area contributed by atoms with E-state index < -0.39 is 0 Å². The van der Waals surface area contributed by atoms with Gasteiger partial charge in [-0.1, -0.05) is 12.1 Å². The Kier molecular flexibility index (Phi) is 5.64. The quantitative estimate of drug-likeness (QED) is 0.710. The lowest BCUT2D eigenvalue weighted by molar-refractivity contribution is 0.209. The molecule has 4 rings (SSSR count). The van der Waals surface area contributed by atoms with Crippen molar-refractivity contribution >= 4 is 16.6 Å². The fourth-order valence-corrected chi connectivity index (χ4v) is 3.94. The summed E-state index contributed by atoms with van der Waals surface area (Å²) >= 11 is 0. The molecule has 0 amide bonds. The molecule has 5 heteroatoms. The van der Waals surface area contributed by atoms with Crippen molar-refractivity contribution in [1.82, 2.24) is 4.98 Å². The molecular formula is C24H25N3O2. The molecule has 2 heterocycles. The van der Waals surface area contributed by atoms with E-state index in [-0.39, 0.29) is 6.61 Å². The van der Waals surface area contributed by atoms with Gasteiger partial charge in [0.2, 0.25) is 0 Å². The number of aromatic nitrogens is 1. The summed E-state index contributed by atoms with van der Waals surface area (Å²) in [6.07, 6.45) is 2.18. The summed E-state index contributed by atoms with van der Waals surface area (Å²) in [6.45, 7) is 4.59. The maximum atomic E-state index is 9.57. The number of rotatable bonds is 5. The molecule has 0 radical (unpaired) electrons. The molecule has 0 unspecified atom stereocenters. The van der Waals surface area contributed by atoms with Gasteiger partial charge < -0.3 is 14.7 Å². The Labute approximate surface area is 171 Å². The lowest BCUT2D eigenvalue weighted by Crippen LogP contribution is -2.37. The molecule has 1 atom stereocenters. The zero-order valence-electron chi connectivity index (χ0n) is 16.6. The van der Waals surface area contributed by atoms with Crippen molar-refractivity contribution in [3.63, 3.8) is 0 Å². The highest BCUT2D eigenvalue weighted by Gasteiger charge is 2.21. The molecule has 1 N–H and O–H groups in total. The van der Waals surface area contributed by atoms with E-state index in [0.29, 0.717) is 18.1 Å². The van der Waals surface area contributed by atoms with Gasteiger partial charge in [0.15, 0.2) is 0 Å². The molecule has 1 fully saturated rings. The summed E-state index contributed by atoms with van der Waals surface area (Å²) < 4.78 is 5.96. The van der Waals surface area contributed by atoms with Crippen molar-refractivity contribution in [2.45, 2.75) is 26.4 Å². The standard InChI is InChI=1S/C24H25N3O2/c1-17-11-24(27-10-2-3-20(14-27)15-28)22-9-8-21(12-23(22)26-17)29-16-19-6-4-18(13-25)5-7-19/h4-9,11-12,20,28H,2-3,10,14-16H2,1H3/t20-/m1/s1. The number of pyridine rings is 1. The molecule has 29 heavy (non-hydrogen) atoms. The van der Waals surface area contributed by atoms with Gasteiger partial charge in [-0.05, 0) is 61.6 Å². The molecule has 1 aromatic heterocycles. The van der Waals surface area contributed by atoms with E-state index in [2.05, 4.69) is 23.1 Å². The molecule has 1 aliphatic rings. The van der Waals surface area contributed by atoms with Crippen LogP contribution < -0.4 is 9.64 Å². The number of piperidine rings is 1. The molecule has 0 spiro atoms. The van der Waals surface area contributed by atoms with Crippen LogP contribution in [-0.2, 0) is 6.61 Å². The van der Waals surface area contributed by atoms with Crippen LogP contribution in [0.5, 0.6) is 5.75 Å². The van der Waals surface area contributed by atoms with Crippen LogP contribution in [0.25, 0.3) is 10.9 Å². The number of benzene rings is 2. The Balaban J connectivity index is 1.56. The van der Waals surface area contributed by atoms with Crippen molar-refractivity contribution in [2.24, 2.45) is 5.92 Å². The molecule has 0 aliphatic carbocycles. The zero-order valence-corrected chi connectivity index (χ0v) is 16.6. The number of aliphatic hydroxyl groups is 1. The molecule has 0 saturated carbocycles. The minimum Gasteiger partial charge on any atom is -0.489 e. The second kappa shape index (κ2) is 8.50. The Bertz CT molecular complexity index is 1040. The van der Waals surface area contributed by atoms with E-state index in [1.54, 1.807) is 12.1 Å². The second-order valence-electron chi connectivity index (χ2n) is 7.70. The molecule has 148 valence electrons. The van der Waals surface area contributed by atoms with Gasteiger partial charge in [-0.15, -0.1) is 0 Å². The average molecular weight is 387 g/mol. The average Bonchev–Trinajstić information content (AvgIpc) is 2.77. The third kappa shape index (κ3) is 4.33. The first kappa shape index (κ1) is 19.2. The van der Waals surface area contributed by atoms with Crippen molar-refractivity contribution in [3.05, 3.63) is 65.4 Å². The summed E-state index contributed by atoms with van der Waals surface area (Å²) in [4.78, 5) is 7.09. The number of aliphatic hydroxyl groups excluding tert-OH is 1. The molecule has 1 saturated heterocycles. The summed E-state index contributed by atoms with van der Waals surface area (Å²) in [7, 11) is 0. The van der Waals surface area contributed by atoms with E-state index in [9.17, 15) is 5.11 Å². The van der Waals surface area contributed by atoms with Crippen molar-refractivity contribution in [2.75, 3.05) is 24.6 Å². The Morgan fingerprint density at radius 2 is 2.03 bits per heavy atom. The third-order valence-electron chi connectivity index (χ3n) is 5.49. The van der Waals surface area contributed by atoms with Crippen LogP contribution in [0.1, 0.15) is 29.7 Å². The maximum Gasteiger partial charge on any atom is 0.122 e.